The van der Waals surface area contributed by atoms with E-state index in [1.807, 2.05) is 12.1 Å². The highest BCUT2D eigenvalue weighted by Crippen LogP contribution is 2.49. The lowest BCUT2D eigenvalue weighted by molar-refractivity contribution is -0.153. The number of esters is 1. The van der Waals surface area contributed by atoms with Gasteiger partial charge in [0, 0.05) is 0 Å². The molecule has 5 heteroatoms. The second-order valence-corrected chi connectivity index (χ2v) is 11.9. The molecule has 35 heavy (non-hydrogen) atoms. The zero-order valence-electron chi connectivity index (χ0n) is 21.4. The Hall–Kier alpha value is -1.59. The average molecular weight is 485 g/mol. The molecule has 5 nitrogen and oxygen atoms in total. The Kier molecular flexibility index (Phi) is 8.03. The summed E-state index contributed by atoms with van der Waals surface area (Å²) >= 11 is 0. The van der Waals surface area contributed by atoms with Gasteiger partial charge in [0.15, 0.2) is 6.61 Å². The molecular weight excluding hydrogens is 440 g/mol. The van der Waals surface area contributed by atoms with E-state index in [-0.39, 0.29) is 36.8 Å². The van der Waals surface area contributed by atoms with E-state index in [4.69, 9.17) is 9.47 Å². The molecule has 0 amide bonds. The maximum Gasteiger partial charge on any atom is 0.344 e. The summed E-state index contributed by atoms with van der Waals surface area (Å²) in [6.07, 6.45) is 12.9. The number of carbonyl (C=O) groups excluding carboxylic acids is 1. The molecule has 0 radical (unpaired) electrons. The van der Waals surface area contributed by atoms with Crippen LogP contribution in [0.4, 0.5) is 0 Å². The minimum atomic E-state index is -0.289. The van der Waals surface area contributed by atoms with Crippen LogP contribution >= 0.6 is 0 Å². The van der Waals surface area contributed by atoms with Crippen molar-refractivity contribution in [2.75, 3.05) is 6.61 Å². The van der Waals surface area contributed by atoms with Crippen LogP contribution < -0.4 is 4.74 Å². The molecule has 5 rings (SSSR count). The molecule has 0 heterocycles. The molecule has 0 saturated heterocycles. The summed E-state index contributed by atoms with van der Waals surface area (Å²) in [5, 5.41) is 21.3. The van der Waals surface area contributed by atoms with Crippen LogP contribution in [0.5, 0.6) is 5.75 Å². The third kappa shape index (κ3) is 5.72. The minimum absolute atomic E-state index is 0.0282. The first-order valence-corrected chi connectivity index (χ1v) is 14.3. The van der Waals surface area contributed by atoms with Crippen LogP contribution in [-0.4, -0.2) is 41.1 Å². The van der Waals surface area contributed by atoms with Crippen molar-refractivity contribution in [1.29, 1.82) is 0 Å². The third-order valence-corrected chi connectivity index (χ3v) is 9.62. The van der Waals surface area contributed by atoms with Gasteiger partial charge < -0.3 is 19.7 Å². The number of ether oxygens (including phenoxy) is 2. The number of carbonyl (C=O) groups is 1. The van der Waals surface area contributed by atoms with Gasteiger partial charge in [-0.25, -0.2) is 4.79 Å². The number of unbranched alkanes of at least 4 members (excludes halogenated alkanes) is 2. The standard InChI is InChI=1S/C30H44O5/c1-2-3-4-7-23(31)11-12-24-25-15-20-6-5-8-28(26(20)16-22(25)17-27(24)32)34-18-30(33)35-29-14-19-9-10-21(29)13-19/h5-6,8,19,21-25,27,29,31-32H,2-4,7,9-18H2,1H3/t19-,21+,22+,23-,24-,25+,27-,29+/m1/s1. The summed E-state index contributed by atoms with van der Waals surface area (Å²) in [7, 11) is 0. The number of rotatable bonds is 11. The second kappa shape index (κ2) is 11.2. The average Bonchev–Trinajstić information content (AvgIpc) is 3.54. The fraction of sp³-hybridized carbons (Fsp3) is 0.767. The van der Waals surface area contributed by atoms with Gasteiger partial charge in [0.05, 0.1) is 12.2 Å². The fourth-order valence-electron chi connectivity index (χ4n) is 7.77. The minimum Gasteiger partial charge on any atom is -0.482 e. The van der Waals surface area contributed by atoms with Crippen molar-refractivity contribution < 1.29 is 24.5 Å². The van der Waals surface area contributed by atoms with Crippen molar-refractivity contribution in [3.63, 3.8) is 0 Å². The molecule has 8 atom stereocenters. The van der Waals surface area contributed by atoms with Crippen molar-refractivity contribution in [3.05, 3.63) is 29.3 Å². The lowest BCUT2D eigenvalue weighted by atomic mass is 9.73. The molecule has 1 aromatic rings. The lowest BCUT2D eigenvalue weighted by Crippen LogP contribution is -2.29. The van der Waals surface area contributed by atoms with Gasteiger partial charge >= 0.3 is 5.97 Å². The number of aliphatic hydroxyl groups excluding tert-OH is 2. The predicted octanol–water partition coefficient (Wildman–Crippen LogP) is 5.23. The summed E-state index contributed by atoms with van der Waals surface area (Å²) in [5.74, 6) is 3.02. The van der Waals surface area contributed by atoms with Crippen LogP contribution in [-0.2, 0) is 22.4 Å². The molecule has 0 aliphatic heterocycles. The van der Waals surface area contributed by atoms with Crippen molar-refractivity contribution >= 4 is 5.97 Å². The molecule has 4 aliphatic rings. The number of hydrogen-bond donors (Lipinski definition) is 2. The van der Waals surface area contributed by atoms with Crippen LogP contribution in [0, 0.1) is 29.6 Å². The molecule has 2 N–H and O–H groups in total. The van der Waals surface area contributed by atoms with Gasteiger partial charge in [-0.1, -0.05) is 38.3 Å². The van der Waals surface area contributed by atoms with Gasteiger partial charge in [0.1, 0.15) is 11.9 Å². The normalized spacial score (nSPS) is 33.9. The molecule has 194 valence electrons. The lowest BCUT2D eigenvalue weighted by Gasteiger charge is -2.32. The predicted molar refractivity (Wildman–Crippen MR) is 135 cm³/mol. The smallest absolute Gasteiger partial charge is 0.344 e. The first kappa shape index (κ1) is 25.1. The molecule has 3 saturated carbocycles. The van der Waals surface area contributed by atoms with Gasteiger partial charge in [0.25, 0.3) is 0 Å². The fourth-order valence-corrected chi connectivity index (χ4v) is 7.77. The highest BCUT2D eigenvalue weighted by molar-refractivity contribution is 5.71. The summed E-state index contributed by atoms with van der Waals surface area (Å²) < 4.78 is 11.8. The molecule has 3 fully saturated rings. The van der Waals surface area contributed by atoms with E-state index < -0.39 is 0 Å². The molecule has 0 spiro atoms. The van der Waals surface area contributed by atoms with E-state index in [0.717, 1.165) is 63.0 Å². The van der Waals surface area contributed by atoms with E-state index >= 15 is 0 Å². The molecule has 0 aromatic heterocycles. The maximum atomic E-state index is 12.5. The first-order valence-electron chi connectivity index (χ1n) is 14.3. The molecule has 0 unspecified atom stereocenters. The van der Waals surface area contributed by atoms with E-state index in [2.05, 4.69) is 13.0 Å². The van der Waals surface area contributed by atoms with Gasteiger partial charge in [-0.3, -0.25) is 0 Å². The van der Waals surface area contributed by atoms with Crippen LogP contribution in [0.3, 0.4) is 0 Å². The Balaban J connectivity index is 1.15. The van der Waals surface area contributed by atoms with Crippen LogP contribution in [0.2, 0.25) is 0 Å². The number of hydrogen-bond acceptors (Lipinski definition) is 5. The van der Waals surface area contributed by atoms with E-state index in [9.17, 15) is 15.0 Å². The Labute approximate surface area is 210 Å². The largest absolute Gasteiger partial charge is 0.482 e. The summed E-state index contributed by atoms with van der Waals surface area (Å²) in [6.45, 7) is 2.16. The highest BCUT2D eigenvalue weighted by atomic mass is 16.6. The zero-order chi connectivity index (χ0) is 24.4. The third-order valence-electron chi connectivity index (χ3n) is 9.62. The number of aliphatic hydroxyl groups is 2. The summed E-state index contributed by atoms with van der Waals surface area (Å²) in [6, 6.07) is 6.17. The van der Waals surface area contributed by atoms with E-state index in [0.29, 0.717) is 17.8 Å². The summed E-state index contributed by atoms with van der Waals surface area (Å²) in [4.78, 5) is 12.5. The first-order chi connectivity index (χ1) is 17.0. The highest BCUT2D eigenvalue weighted by Gasteiger charge is 2.45. The van der Waals surface area contributed by atoms with Gasteiger partial charge in [-0.05, 0) is 111 Å². The topological polar surface area (TPSA) is 76.0 Å². The molecule has 4 aliphatic carbocycles. The van der Waals surface area contributed by atoms with Gasteiger partial charge in [0.2, 0.25) is 0 Å². The molecule has 2 bridgehead atoms. The van der Waals surface area contributed by atoms with Crippen molar-refractivity contribution in [3.8, 4) is 5.75 Å². The maximum absolute atomic E-state index is 12.5. The van der Waals surface area contributed by atoms with E-state index in [1.165, 1.54) is 43.2 Å². The van der Waals surface area contributed by atoms with Gasteiger partial charge in [-0.2, -0.15) is 0 Å². The SMILES string of the molecule is CCCCC[C@@H](O)CC[C@@H]1[C@H]2Cc3cccc(OCC(=O)O[C@H]4C[C@@H]5CC[C@H]4C5)c3C[C@H]2C[C@H]1O. The monoisotopic (exact) mass is 484 g/mol. The van der Waals surface area contributed by atoms with Crippen molar-refractivity contribution in [2.24, 2.45) is 29.6 Å². The molecular formula is C30H44O5. The molecule has 1 aromatic carbocycles. The second-order valence-electron chi connectivity index (χ2n) is 11.9. The number of fused-ring (bicyclic) bond motifs is 4. The Morgan fingerprint density at radius 1 is 1.09 bits per heavy atom. The Morgan fingerprint density at radius 2 is 1.97 bits per heavy atom. The number of benzene rings is 1. The van der Waals surface area contributed by atoms with Gasteiger partial charge in [-0.15, -0.1) is 0 Å². The zero-order valence-corrected chi connectivity index (χ0v) is 21.4. The van der Waals surface area contributed by atoms with Crippen LogP contribution in [0.1, 0.15) is 88.7 Å². The van der Waals surface area contributed by atoms with Crippen LogP contribution in [0.15, 0.2) is 18.2 Å². The quantitative estimate of drug-likeness (QED) is 0.332. The summed E-state index contributed by atoms with van der Waals surface area (Å²) in [5.41, 5.74) is 2.49. The Bertz CT molecular complexity index is 868. The Morgan fingerprint density at radius 3 is 2.74 bits per heavy atom. The van der Waals surface area contributed by atoms with E-state index in [1.54, 1.807) is 0 Å². The van der Waals surface area contributed by atoms with Crippen molar-refractivity contribution in [1.82, 2.24) is 0 Å². The van der Waals surface area contributed by atoms with Crippen LogP contribution in [0.25, 0.3) is 0 Å². The van der Waals surface area contributed by atoms with Crippen molar-refractivity contribution in [2.45, 2.75) is 109 Å².